The molecular formula is C18H18N4O2. The molecule has 3 rings (SSSR count). The van der Waals surface area contributed by atoms with E-state index in [-0.39, 0.29) is 11.8 Å². The van der Waals surface area contributed by atoms with Crippen molar-refractivity contribution in [1.29, 1.82) is 5.26 Å². The van der Waals surface area contributed by atoms with E-state index in [1.165, 1.54) is 0 Å². The maximum atomic E-state index is 12.2. The fraction of sp³-hybridized carbons (Fsp3) is 0.278. The summed E-state index contributed by atoms with van der Waals surface area (Å²) in [6, 6.07) is 13.0. The van der Waals surface area contributed by atoms with Crippen molar-refractivity contribution in [2.75, 3.05) is 23.8 Å². The zero-order valence-electron chi connectivity index (χ0n) is 13.2. The second-order valence-electron chi connectivity index (χ2n) is 5.59. The number of hydrogen-bond acceptors (Lipinski definition) is 5. The SMILES string of the molecule is N#Cc1ccccc1Nc1ccc(NC(=O)C2CCOCC2)nc1. The second kappa shape index (κ2) is 7.57. The van der Waals surface area contributed by atoms with Crippen LogP contribution in [-0.4, -0.2) is 24.1 Å². The molecule has 0 radical (unpaired) electrons. The minimum absolute atomic E-state index is 0.0127. The lowest BCUT2D eigenvalue weighted by atomic mass is 9.99. The highest BCUT2D eigenvalue weighted by Gasteiger charge is 2.21. The molecule has 0 bridgehead atoms. The van der Waals surface area contributed by atoms with Gasteiger partial charge in [-0.2, -0.15) is 5.26 Å². The van der Waals surface area contributed by atoms with E-state index in [1.807, 2.05) is 24.3 Å². The van der Waals surface area contributed by atoms with Gasteiger partial charge in [-0.1, -0.05) is 12.1 Å². The first kappa shape index (κ1) is 16.0. The predicted octanol–water partition coefficient (Wildman–Crippen LogP) is 3.06. The minimum atomic E-state index is -0.0131. The zero-order valence-corrected chi connectivity index (χ0v) is 13.2. The number of amides is 1. The number of para-hydroxylation sites is 1. The number of nitriles is 1. The summed E-state index contributed by atoms with van der Waals surface area (Å²) in [5.41, 5.74) is 2.04. The van der Waals surface area contributed by atoms with Gasteiger partial charge in [0.05, 0.1) is 23.1 Å². The first-order chi connectivity index (χ1) is 11.8. The Morgan fingerprint density at radius 3 is 2.71 bits per heavy atom. The topological polar surface area (TPSA) is 87.0 Å². The van der Waals surface area contributed by atoms with Crippen molar-refractivity contribution >= 4 is 23.1 Å². The molecule has 2 N–H and O–H groups in total. The first-order valence-electron chi connectivity index (χ1n) is 7.87. The molecule has 0 saturated carbocycles. The molecule has 0 aliphatic carbocycles. The number of rotatable bonds is 4. The zero-order chi connectivity index (χ0) is 16.8. The highest BCUT2D eigenvalue weighted by molar-refractivity contribution is 5.91. The molecule has 122 valence electrons. The Labute approximate surface area is 140 Å². The van der Waals surface area contributed by atoms with Crippen molar-refractivity contribution < 1.29 is 9.53 Å². The Kier molecular flexibility index (Phi) is 5.04. The van der Waals surface area contributed by atoms with Gasteiger partial charge in [0, 0.05) is 19.1 Å². The van der Waals surface area contributed by atoms with Gasteiger partial charge in [-0.05, 0) is 37.1 Å². The second-order valence-corrected chi connectivity index (χ2v) is 5.59. The summed E-state index contributed by atoms with van der Waals surface area (Å²) in [6.45, 7) is 1.26. The number of benzene rings is 1. The molecule has 1 fully saturated rings. The van der Waals surface area contributed by atoms with Crippen molar-refractivity contribution in [3.05, 3.63) is 48.2 Å². The molecule has 1 aromatic carbocycles. The molecule has 24 heavy (non-hydrogen) atoms. The standard InChI is InChI=1S/C18H18N4O2/c19-11-14-3-1-2-4-16(14)21-15-5-6-17(20-12-15)22-18(23)13-7-9-24-10-8-13/h1-6,12-13,21H,7-10H2,(H,20,22,23). The van der Waals surface area contributed by atoms with Crippen LogP contribution in [0, 0.1) is 17.2 Å². The lowest BCUT2D eigenvalue weighted by Gasteiger charge is -2.20. The molecule has 0 unspecified atom stereocenters. The summed E-state index contributed by atoms with van der Waals surface area (Å²) in [5.74, 6) is 0.493. The number of carbonyl (C=O) groups is 1. The molecule has 1 aliphatic heterocycles. The Morgan fingerprint density at radius 1 is 1.21 bits per heavy atom. The van der Waals surface area contributed by atoms with Gasteiger partial charge in [-0.15, -0.1) is 0 Å². The van der Waals surface area contributed by atoms with Crippen LogP contribution >= 0.6 is 0 Å². The van der Waals surface area contributed by atoms with Crippen molar-refractivity contribution in [2.45, 2.75) is 12.8 Å². The van der Waals surface area contributed by atoms with Crippen molar-refractivity contribution in [2.24, 2.45) is 5.92 Å². The van der Waals surface area contributed by atoms with Crippen LogP contribution in [0.1, 0.15) is 18.4 Å². The lowest BCUT2D eigenvalue weighted by molar-refractivity contribution is -0.122. The van der Waals surface area contributed by atoms with E-state index >= 15 is 0 Å². The number of anilines is 3. The summed E-state index contributed by atoms with van der Waals surface area (Å²) in [7, 11) is 0. The van der Waals surface area contributed by atoms with E-state index in [0.29, 0.717) is 24.6 Å². The van der Waals surface area contributed by atoms with E-state index in [4.69, 9.17) is 10.00 Å². The van der Waals surface area contributed by atoms with Crippen molar-refractivity contribution in [1.82, 2.24) is 4.98 Å². The smallest absolute Gasteiger partial charge is 0.228 e. The highest BCUT2D eigenvalue weighted by atomic mass is 16.5. The van der Waals surface area contributed by atoms with Gasteiger partial charge in [0.1, 0.15) is 11.9 Å². The molecule has 1 aliphatic rings. The molecule has 6 nitrogen and oxygen atoms in total. The lowest BCUT2D eigenvalue weighted by Crippen LogP contribution is -2.28. The largest absolute Gasteiger partial charge is 0.381 e. The molecule has 6 heteroatoms. The van der Waals surface area contributed by atoms with Crippen LogP contribution in [0.25, 0.3) is 0 Å². The van der Waals surface area contributed by atoms with Gasteiger partial charge in [-0.3, -0.25) is 4.79 Å². The third kappa shape index (κ3) is 3.89. The summed E-state index contributed by atoms with van der Waals surface area (Å²) in [6.07, 6.45) is 3.13. The normalized spacial score (nSPS) is 14.6. The van der Waals surface area contributed by atoms with E-state index in [9.17, 15) is 4.79 Å². The van der Waals surface area contributed by atoms with E-state index in [0.717, 1.165) is 24.2 Å². The van der Waals surface area contributed by atoms with Crippen molar-refractivity contribution in [3.8, 4) is 6.07 Å². The Bertz CT molecular complexity index is 746. The molecule has 1 aromatic heterocycles. The van der Waals surface area contributed by atoms with Crippen LogP contribution in [-0.2, 0) is 9.53 Å². The molecule has 2 heterocycles. The Morgan fingerprint density at radius 2 is 2.00 bits per heavy atom. The summed E-state index contributed by atoms with van der Waals surface area (Å²) < 4.78 is 5.26. The summed E-state index contributed by atoms with van der Waals surface area (Å²) in [5, 5.41) is 15.1. The van der Waals surface area contributed by atoms with Crippen LogP contribution < -0.4 is 10.6 Å². The number of pyridine rings is 1. The average Bonchev–Trinajstić information content (AvgIpc) is 2.64. The third-order valence-corrected chi connectivity index (χ3v) is 3.93. The first-order valence-corrected chi connectivity index (χ1v) is 7.87. The van der Waals surface area contributed by atoms with Crippen LogP contribution in [0.3, 0.4) is 0 Å². The third-order valence-electron chi connectivity index (χ3n) is 3.93. The molecule has 0 spiro atoms. The van der Waals surface area contributed by atoms with Crippen LogP contribution in [0.5, 0.6) is 0 Å². The molecule has 0 atom stereocenters. The fourth-order valence-corrected chi connectivity index (χ4v) is 2.57. The Hall–Kier alpha value is -2.91. The van der Waals surface area contributed by atoms with E-state index < -0.39 is 0 Å². The van der Waals surface area contributed by atoms with E-state index in [1.54, 1.807) is 18.3 Å². The Balaban J connectivity index is 1.63. The monoisotopic (exact) mass is 322 g/mol. The quantitative estimate of drug-likeness (QED) is 0.903. The van der Waals surface area contributed by atoms with Crippen LogP contribution in [0.2, 0.25) is 0 Å². The van der Waals surface area contributed by atoms with Crippen LogP contribution in [0.15, 0.2) is 42.6 Å². The van der Waals surface area contributed by atoms with Gasteiger partial charge in [-0.25, -0.2) is 4.98 Å². The highest BCUT2D eigenvalue weighted by Crippen LogP contribution is 2.21. The van der Waals surface area contributed by atoms with Gasteiger partial charge in [0.2, 0.25) is 5.91 Å². The fourth-order valence-electron chi connectivity index (χ4n) is 2.57. The van der Waals surface area contributed by atoms with E-state index in [2.05, 4.69) is 21.7 Å². The number of aromatic nitrogens is 1. The minimum Gasteiger partial charge on any atom is -0.381 e. The number of ether oxygens (including phenoxy) is 1. The van der Waals surface area contributed by atoms with Gasteiger partial charge >= 0.3 is 0 Å². The number of carbonyl (C=O) groups excluding carboxylic acids is 1. The summed E-state index contributed by atoms with van der Waals surface area (Å²) in [4.78, 5) is 16.4. The van der Waals surface area contributed by atoms with Gasteiger partial charge < -0.3 is 15.4 Å². The maximum Gasteiger partial charge on any atom is 0.228 e. The number of nitrogens with one attached hydrogen (secondary N) is 2. The number of hydrogen-bond donors (Lipinski definition) is 2. The van der Waals surface area contributed by atoms with Gasteiger partial charge in [0.15, 0.2) is 0 Å². The molecular weight excluding hydrogens is 304 g/mol. The van der Waals surface area contributed by atoms with Gasteiger partial charge in [0.25, 0.3) is 0 Å². The average molecular weight is 322 g/mol. The van der Waals surface area contributed by atoms with Crippen molar-refractivity contribution in [3.63, 3.8) is 0 Å². The molecule has 1 saturated heterocycles. The molecule has 2 aromatic rings. The number of nitrogens with zero attached hydrogens (tertiary/aromatic N) is 2. The maximum absolute atomic E-state index is 12.2. The van der Waals surface area contributed by atoms with Crippen LogP contribution in [0.4, 0.5) is 17.2 Å². The molecule has 1 amide bonds. The summed E-state index contributed by atoms with van der Waals surface area (Å²) >= 11 is 0. The predicted molar refractivity (Wildman–Crippen MR) is 90.8 cm³/mol.